The third-order valence-corrected chi connectivity index (χ3v) is 12.5. The highest BCUT2D eigenvalue weighted by atomic mass is 16.2. The molecule has 0 saturated carbocycles. The van der Waals surface area contributed by atoms with Crippen LogP contribution in [0.1, 0.15) is 62.3 Å². The van der Waals surface area contributed by atoms with Crippen LogP contribution in [0.15, 0.2) is 132 Å². The van der Waals surface area contributed by atoms with Gasteiger partial charge in [-0.2, -0.15) is 10.1 Å². The topological polar surface area (TPSA) is 87.1 Å². The lowest BCUT2D eigenvalue weighted by atomic mass is 9.47. The first kappa shape index (κ1) is 27.9. The SMILES string of the molecule is O=C1[C@@H]2C3c4ccccc4C(c4ccccc43)[C@@H]2C(=O)N1/N=C\C12c3ccccc3C(c3ccccc31)[C@@H]1C(=O)N(c3ccccc3)C(=O)[C@H]12. The molecule has 5 aromatic carbocycles. The van der Waals surface area contributed by atoms with E-state index in [1.54, 1.807) is 18.3 Å². The molecule has 240 valence electrons. The Kier molecular flexibility index (Phi) is 5.36. The number of imide groups is 2. The normalized spacial score (nSPS) is 30.7. The fraction of sp³-hybridized carbons (Fsp3) is 0.186. The predicted octanol–water partition coefficient (Wildman–Crippen LogP) is 6.12. The van der Waals surface area contributed by atoms with Crippen LogP contribution in [0, 0.1) is 23.7 Å². The van der Waals surface area contributed by atoms with Crippen LogP contribution in [0.5, 0.6) is 0 Å². The monoisotopic (exact) mass is 651 g/mol. The average molecular weight is 652 g/mol. The van der Waals surface area contributed by atoms with Gasteiger partial charge in [-0.05, 0) is 56.6 Å². The van der Waals surface area contributed by atoms with Gasteiger partial charge in [0.15, 0.2) is 0 Å². The molecule has 5 aromatic rings. The Labute approximate surface area is 287 Å². The second-order valence-corrected chi connectivity index (χ2v) is 14.4. The van der Waals surface area contributed by atoms with Crippen molar-refractivity contribution in [2.24, 2.45) is 28.8 Å². The van der Waals surface area contributed by atoms with E-state index in [1.807, 2.05) is 91.0 Å². The lowest BCUT2D eigenvalue weighted by Gasteiger charge is -2.52. The fourth-order valence-corrected chi connectivity index (χ4v) is 10.8. The minimum absolute atomic E-state index is 0.246. The van der Waals surface area contributed by atoms with Gasteiger partial charge >= 0.3 is 0 Å². The number of hydrogen-bond donors (Lipinski definition) is 0. The van der Waals surface area contributed by atoms with Gasteiger partial charge in [0.2, 0.25) is 11.8 Å². The van der Waals surface area contributed by atoms with Gasteiger partial charge in [-0.3, -0.25) is 19.2 Å². The maximum absolute atomic E-state index is 14.7. The predicted molar refractivity (Wildman–Crippen MR) is 185 cm³/mol. The molecule has 2 saturated heterocycles. The van der Waals surface area contributed by atoms with Crippen LogP contribution in [-0.2, 0) is 24.6 Å². The number of carbonyl (C=O) groups excluding carboxylic acids is 4. The summed E-state index contributed by atoms with van der Waals surface area (Å²) in [5.74, 6) is -4.67. The first-order chi connectivity index (χ1) is 24.5. The van der Waals surface area contributed by atoms with Gasteiger partial charge in [0.25, 0.3) is 11.8 Å². The quantitative estimate of drug-likeness (QED) is 0.174. The number of benzene rings is 5. The molecule has 8 aliphatic rings. The third-order valence-electron chi connectivity index (χ3n) is 12.5. The van der Waals surface area contributed by atoms with Gasteiger partial charge < -0.3 is 0 Å². The van der Waals surface area contributed by atoms with Crippen LogP contribution >= 0.6 is 0 Å². The molecule has 0 spiro atoms. The van der Waals surface area contributed by atoms with E-state index in [2.05, 4.69) is 24.3 Å². The highest BCUT2D eigenvalue weighted by Crippen LogP contribution is 2.64. The minimum Gasteiger partial charge on any atom is -0.274 e. The van der Waals surface area contributed by atoms with E-state index in [0.29, 0.717) is 5.69 Å². The fourth-order valence-electron chi connectivity index (χ4n) is 10.8. The highest BCUT2D eigenvalue weighted by molar-refractivity contribution is 6.25. The number of anilines is 1. The zero-order valence-corrected chi connectivity index (χ0v) is 26.7. The van der Waals surface area contributed by atoms with Crippen LogP contribution in [-0.4, -0.2) is 34.9 Å². The van der Waals surface area contributed by atoms with Crippen molar-refractivity contribution in [2.45, 2.75) is 23.2 Å². The highest BCUT2D eigenvalue weighted by Gasteiger charge is 2.68. The van der Waals surface area contributed by atoms with E-state index in [0.717, 1.165) is 49.5 Å². The Hall–Kier alpha value is -5.95. The van der Waals surface area contributed by atoms with E-state index < -0.39 is 29.1 Å². The Morgan fingerprint density at radius 1 is 0.460 bits per heavy atom. The molecule has 7 nitrogen and oxygen atoms in total. The summed E-state index contributed by atoms with van der Waals surface area (Å²) >= 11 is 0. The largest absolute Gasteiger partial charge is 0.274 e. The maximum Gasteiger partial charge on any atom is 0.254 e. The molecule has 2 heterocycles. The molecule has 0 aromatic heterocycles. The lowest BCUT2D eigenvalue weighted by Crippen LogP contribution is -2.55. The lowest BCUT2D eigenvalue weighted by molar-refractivity contribution is -0.140. The summed E-state index contributed by atoms with van der Waals surface area (Å²) in [4.78, 5) is 59.7. The number of rotatable bonds is 3. The number of carbonyl (C=O) groups is 4. The molecular formula is C43H29N3O4. The molecular weight excluding hydrogens is 622 g/mol. The summed E-state index contributed by atoms with van der Waals surface area (Å²) in [5.41, 5.74) is 7.39. The van der Waals surface area contributed by atoms with Crippen molar-refractivity contribution >= 4 is 35.5 Å². The number of nitrogens with zero attached hydrogens (tertiary/aromatic N) is 3. The summed E-state index contributed by atoms with van der Waals surface area (Å²) in [5, 5.41) is 5.95. The molecule has 7 heteroatoms. The Bertz CT molecular complexity index is 2240. The van der Waals surface area contributed by atoms with Crippen molar-refractivity contribution in [3.05, 3.63) is 172 Å². The van der Waals surface area contributed by atoms with Crippen molar-refractivity contribution < 1.29 is 19.2 Å². The third kappa shape index (κ3) is 3.15. The summed E-state index contributed by atoms with van der Waals surface area (Å²) in [6.07, 6.45) is 1.66. The van der Waals surface area contributed by atoms with Gasteiger partial charge in [-0.1, -0.05) is 115 Å². The van der Waals surface area contributed by atoms with Crippen LogP contribution in [0.25, 0.3) is 0 Å². The summed E-state index contributed by atoms with van der Waals surface area (Å²) in [6.45, 7) is 0. The molecule has 0 N–H and O–H groups in total. The number of amides is 4. The van der Waals surface area contributed by atoms with Crippen molar-refractivity contribution in [1.82, 2.24) is 5.01 Å². The Morgan fingerprint density at radius 3 is 1.38 bits per heavy atom. The summed E-state index contributed by atoms with van der Waals surface area (Å²) < 4.78 is 0. The molecule has 2 aliphatic heterocycles. The van der Waals surface area contributed by atoms with Crippen LogP contribution < -0.4 is 4.90 Å². The maximum atomic E-state index is 14.7. The van der Waals surface area contributed by atoms with Gasteiger partial charge in [-0.15, -0.1) is 0 Å². The van der Waals surface area contributed by atoms with Crippen LogP contribution in [0.3, 0.4) is 0 Å². The second kappa shape index (κ2) is 9.60. The number of hydrazone groups is 1. The van der Waals surface area contributed by atoms with Gasteiger partial charge in [0.05, 0.1) is 34.8 Å². The standard InChI is InChI=1S/C43H29N3O4/c47-39-37-34-28-18-8-10-20-30(28)43(31-21-11-9-19-29(31)34,38(37)42(50)45(39)23-12-2-1-3-13-23)22-44-46-40(48)35-32-24-14-4-5-15-25(24)33(36(35)41(46)49)27-17-7-6-16-26(27)32/h1-22,32-38H/b44-22-/t32?,33?,34?,35-,36+,37-,38-,43?/m0/s1. The molecule has 2 fully saturated rings. The molecule has 4 bridgehead atoms. The Balaban J connectivity index is 1.09. The number of para-hydroxylation sites is 1. The van der Waals surface area contributed by atoms with Crippen LogP contribution in [0.4, 0.5) is 5.69 Å². The summed E-state index contributed by atoms with van der Waals surface area (Å²) in [7, 11) is 0. The van der Waals surface area contributed by atoms with E-state index in [1.165, 1.54) is 4.90 Å². The molecule has 0 unspecified atom stereocenters. The van der Waals surface area contributed by atoms with Crippen molar-refractivity contribution in [2.75, 3.05) is 4.90 Å². The smallest absolute Gasteiger partial charge is 0.254 e. The Morgan fingerprint density at radius 2 is 0.880 bits per heavy atom. The van der Waals surface area contributed by atoms with E-state index in [9.17, 15) is 19.2 Å². The van der Waals surface area contributed by atoms with E-state index in [-0.39, 0.29) is 41.4 Å². The second-order valence-electron chi connectivity index (χ2n) is 14.4. The zero-order chi connectivity index (χ0) is 33.5. The number of hydrogen-bond acceptors (Lipinski definition) is 5. The summed E-state index contributed by atoms with van der Waals surface area (Å²) in [6, 6.07) is 41.2. The molecule has 6 aliphatic carbocycles. The molecule has 50 heavy (non-hydrogen) atoms. The van der Waals surface area contributed by atoms with Gasteiger partial charge in [0, 0.05) is 24.0 Å². The molecule has 4 atom stereocenters. The van der Waals surface area contributed by atoms with Crippen molar-refractivity contribution in [1.29, 1.82) is 0 Å². The van der Waals surface area contributed by atoms with E-state index in [4.69, 9.17) is 5.10 Å². The van der Waals surface area contributed by atoms with Gasteiger partial charge in [-0.25, -0.2) is 4.90 Å². The first-order valence-corrected chi connectivity index (χ1v) is 17.2. The van der Waals surface area contributed by atoms with Crippen molar-refractivity contribution in [3.63, 3.8) is 0 Å². The van der Waals surface area contributed by atoms with E-state index >= 15 is 0 Å². The van der Waals surface area contributed by atoms with Crippen LogP contribution in [0.2, 0.25) is 0 Å². The van der Waals surface area contributed by atoms with Crippen molar-refractivity contribution in [3.8, 4) is 0 Å². The first-order valence-electron chi connectivity index (χ1n) is 17.2. The molecule has 0 radical (unpaired) electrons. The minimum atomic E-state index is -1.19. The molecule has 4 amide bonds. The molecule has 13 rings (SSSR count). The van der Waals surface area contributed by atoms with Gasteiger partial charge in [0.1, 0.15) is 0 Å². The average Bonchev–Trinajstić information content (AvgIpc) is 3.59. The zero-order valence-electron chi connectivity index (χ0n) is 26.7.